The third-order valence-corrected chi connectivity index (χ3v) is 4.19. The Kier molecular flexibility index (Phi) is 5.32. The Morgan fingerprint density at radius 2 is 2.20 bits per heavy atom. The van der Waals surface area contributed by atoms with Crippen molar-refractivity contribution in [1.82, 2.24) is 30.5 Å². The largest absolute Gasteiger partial charge is 0.355 e. The first kappa shape index (κ1) is 17.0. The number of rotatable bonds is 5. The standard InChI is InChI=1S/C16H21N7O2/c1-11-3-2-4-13(18-11)19-15(24)7-9-17-16(25)12-5-6-14-20-21-22-23(14)10-8-12/h2-4,12H,5-10H2,1H3,(H,17,25)(H,18,19,24). The molecule has 25 heavy (non-hydrogen) atoms. The first-order valence-corrected chi connectivity index (χ1v) is 8.38. The Balaban J connectivity index is 1.40. The highest BCUT2D eigenvalue weighted by atomic mass is 16.2. The van der Waals surface area contributed by atoms with Crippen molar-refractivity contribution in [2.24, 2.45) is 5.92 Å². The molecule has 2 amide bonds. The summed E-state index contributed by atoms with van der Waals surface area (Å²) in [6.07, 6.45) is 2.31. The normalized spacial score (nSPS) is 16.6. The third kappa shape index (κ3) is 4.59. The van der Waals surface area contributed by atoms with Crippen molar-refractivity contribution >= 4 is 17.6 Å². The first-order chi connectivity index (χ1) is 12.1. The van der Waals surface area contributed by atoms with E-state index in [-0.39, 0.29) is 24.2 Å². The molecular weight excluding hydrogens is 322 g/mol. The molecule has 1 aliphatic rings. The van der Waals surface area contributed by atoms with Crippen LogP contribution in [0.5, 0.6) is 0 Å². The number of amides is 2. The number of tetrazole rings is 1. The Labute approximate surface area is 145 Å². The zero-order chi connectivity index (χ0) is 17.6. The van der Waals surface area contributed by atoms with Gasteiger partial charge in [0.25, 0.3) is 0 Å². The fourth-order valence-corrected chi connectivity index (χ4v) is 2.83. The molecule has 2 N–H and O–H groups in total. The van der Waals surface area contributed by atoms with Crippen molar-refractivity contribution in [3.05, 3.63) is 29.7 Å². The van der Waals surface area contributed by atoms with Crippen molar-refractivity contribution in [2.45, 2.75) is 39.2 Å². The van der Waals surface area contributed by atoms with Crippen LogP contribution in [0.25, 0.3) is 0 Å². The molecule has 3 heterocycles. The maximum absolute atomic E-state index is 12.3. The maximum Gasteiger partial charge on any atom is 0.227 e. The van der Waals surface area contributed by atoms with Gasteiger partial charge in [0.2, 0.25) is 11.8 Å². The van der Waals surface area contributed by atoms with Crippen LogP contribution >= 0.6 is 0 Å². The number of pyridine rings is 1. The Bertz CT molecular complexity index is 736. The second-order valence-corrected chi connectivity index (χ2v) is 6.10. The lowest BCUT2D eigenvalue weighted by atomic mass is 9.99. The molecule has 0 spiro atoms. The van der Waals surface area contributed by atoms with Gasteiger partial charge in [0.05, 0.1) is 0 Å². The molecule has 1 aliphatic heterocycles. The van der Waals surface area contributed by atoms with E-state index in [1.807, 2.05) is 19.1 Å². The molecule has 0 aliphatic carbocycles. The monoisotopic (exact) mass is 343 g/mol. The van der Waals surface area contributed by atoms with Crippen LogP contribution in [0.15, 0.2) is 18.2 Å². The van der Waals surface area contributed by atoms with Crippen LogP contribution in [0.2, 0.25) is 0 Å². The summed E-state index contributed by atoms with van der Waals surface area (Å²) >= 11 is 0. The molecule has 1 unspecified atom stereocenters. The number of anilines is 1. The van der Waals surface area contributed by atoms with E-state index in [2.05, 4.69) is 31.1 Å². The molecule has 9 heteroatoms. The average molecular weight is 343 g/mol. The zero-order valence-electron chi connectivity index (χ0n) is 14.1. The number of nitrogens with one attached hydrogen (secondary N) is 2. The number of carbonyl (C=O) groups is 2. The Morgan fingerprint density at radius 1 is 1.32 bits per heavy atom. The van der Waals surface area contributed by atoms with Crippen LogP contribution in [0.4, 0.5) is 5.82 Å². The highest BCUT2D eigenvalue weighted by Crippen LogP contribution is 2.17. The van der Waals surface area contributed by atoms with Crippen LogP contribution < -0.4 is 10.6 Å². The molecular formula is C16H21N7O2. The molecule has 1 atom stereocenters. The summed E-state index contributed by atoms with van der Waals surface area (Å²) in [4.78, 5) is 28.4. The van der Waals surface area contributed by atoms with Crippen LogP contribution in [0, 0.1) is 12.8 Å². The lowest BCUT2D eigenvalue weighted by molar-refractivity contribution is -0.125. The second-order valence-electron chi connectivity index (χ2n) is 6.10. The average Bonchev–Trinajstić information content (AvgIpc) is 2.93. The van der Waals surface area contributed by atoms with Gasteiger partial charge in [-0.15, -0.1) is 5.10 Å². The van der Waals surface area contributed by atoms with Gasteiger partial charge in [0.1, 0.15) is 5.82 Å². The fraction of sp³-hybridized carbons (Fsp3) is 0.500. The van der Waals surface area contributed by atoms with Gasteiger partial charge in [-0.2, -0.15) is 0 Å². The number of carbonyl (C=O) groups excluding carboxylic acids is 2. The van der Waals surface area contributed by atoms with Crippen LogP contribution in [-0.2, 0) is 22.6 Å². The van der Waals surface area contributed by atoms with Crippen molar-refractivity contribution in [3.63, 3.8) is 0 Å². The van der Waals surface area contributed by atoms with Gasteiger partial charge in [-0.25, -0.2) is 9.67 Å². The van der Waals surface area contributed by atoms with Gasteiger partial charge in [-0.1, -0.05) is 6.07 Å². The number of fused-ring (bicyclic) bond motifs is 1. The van der Waals surface area contributed by atoms with E-state index in [0.717, 1.165) is 11.5 Å². The SMILES string of the molecule is Cc1cccc(NC(=O)CCNC(=O)C2CCc3nnnn3CC2)n1. The summed E-state index contributed by atoms with van der Waals surface area (Å²) in [5.41, 5.74) is 0.837. The van der Waals surface area contributed by atoms with Crippen molar-refractivity contribution in [1.29, 1.82) is 0 Å². The molecule has 132 valence electrons. The summed E-state index contributed by atoms with van der Waals surface area (Å²) < 4.78 is 1.75. The van der Waals surface area contributed by atoms with Crippen molar-refractivity contribution in [3.8, 4) is 0 Å². The lowest BCUT2D eigenvalue weighted by Gasteiger charge is -2.13. The summed E-state index contributed by atoms with van der Waals surface area (Å²) in [5, 5.41) is 17.1. The molecule has 0 aromatic carbocycles. The van der Waals surface area contributed by atoms with Gasteiger partial charge in [-0.3, -0.25) is 9.59 Å². The van der Waals surface area contributed by atoms with Crippen LogP contribution in [0.3, 0.4) is 0 Å². The van der Waals surface area contributed by atoms with Crippen molar-refractivity contribution < 1.29 is 9.59 Å². The number of aromatic nitrogens is 5. The summed E-state index contributed by atoms with van der Waals surface area (Å²) in [7, 11) is 0. The first-order valence-electron chi connectivity index (χ1n) is 8.38. The van der Waals surface area contributed by atoms with E-state index in [9.17, 15) is 9.59 Å². The van der Waals surface area contributed by atoms with Gasteiger partial charge < -0.3 is 10.6 Å². The van der Waals surface area contributed by atoms with E-state index in [1.165, 1.54) is 0 Å². The quantitative estimate of drug-likeness (QED) is 0.816. The molecule has 2 aromatic heterocycles. The zero-order valence-corrected chi connectivity index (χ0v) is 14.1. The van der Waals surface area contributed by atoms with E-state index >= 15 is 0 Å². The summed E-state index contributed by atoms with van der Waals surface area (Å²) in [6, 6.07) is 5.43. The smallest absolute Gasteiger partial charge is 0.227 e. The van der Waals surface area contributed by atoms with Crippen LogP contribution in [0.1, 0.15) is 30.8 Å². The number of aryl methyl sites for hydroxylation is 3. The van der Waals surface area contributed by atoms with E-state index in [0.29, 0.717) is 38.2 Å². The number of hydrogen-bond acceptors (Lipinski definition) is 6. The second kappa shape index (κ2) is 7.82. The lowest BCUT2D eigenvalue weighted by Crippen LogP contribution is -2.33. The number of hydrogen-bond donors (Lipinski definition) is 2. The van der Waals surface area contributed by atoms with Crippen LogP contribution in [-0.4, -0.2) is 43.6 Å². The molecule has 0 saturated heterocycles. The molecule has 2 aromatic rings. The van der Waals surface area contributed by atoms with E-state index < -0.39 is 0 Å². The Hall–Kier alpha value is -2.84. The highest BCUT2D eigenvalue weighted by Gasteiger charge is 2.23. The molecule has 0 radical (unpaired) electrons. The highest BCUT2D eigenvalue weighted by molar-refractivity contribution is 5.90. The fourth-order valence-electron chi connectivity index (χ4n) is 2.83. The molecule has 0 saturated carbocycles. The summed E-state index contributed by atoms with van der Waals surface area (Å²) in [6.45, 7) is 2.80. The van der Waals surface area contributed by atoms with E-state index in [1.54, 1.807) is 10.7 Å². The van der Waals surface area contributed by atoms with Gasteiger partial charge in [0.15, 0.2) is 5.82 Å². The minimum atomic E-state index is -0.172. The topological polar surface area (TPSA) is 115 Å². The minimum absolute atomic E-state index is 0.0276. The Morgan fingerprint density at radius 3 is 3.04 bits per heavy atom. The molecule has 9 nitrogen and oxygen atoms in total. The van der Waals surface area contributed by atoms with E-state index in [4.69, 9.17) is 0 Å². The predicted octanol–water partition coefficient (Wildman–Crippen LogP) is 0.474. The predicted molar refractivity (Wildman–Crippen MR) is 89.5 cm³/mol. The van der Waals surface area contributed by atoms with Crippen molar-refractivity contribution in [2.75, 3.05) is 11.9 Å². The van der Waals surface area contributed by atoms with Gasteiger partial charge in [0, 0.05) is 37.5 Å². The number of nitrogens with zero attached hydrogens (tertiary/aromatic N) is 5. The maximum atomic E-state index is 12.3. The van der Waals surface area contributed by atoms with Gasteiger partial charge >= 0.3 is 0 Å². The van der Waals surface area contributed by atoms with Gasteiger partial charge in [-0.05, 0) is 42.3 Å². The summed E-state index contributed by atoms with van der Waals surface area (Å²) in [5.74, 6) is 1.05. The third-order valence-electron chi connectivity index (χ3n) is 4.19. The molecule has 0 fully saturated rings. The minimum Gasteiger partial charge on any atom is -0.355 e. The molecule has 3 rings (SSSR count). The molecule has 0 bridgehead atoms.